The van der Waals surface area contributed by atoms with Crippen LogP contribution in [0.15, 0.2) is 6.20 Å². The fourth-order valence-corrected chi connectivity index (χ4v) is 5.55. The number of morpholine rings is 1. The highest BCUT2D eigenvalue weighted by atomic mass is 32.1. The molecule has 0 radical (unpaired) electrons. The molecular formula is C19H32N4O2S. The molecule has 3 aliphatic rings. The molecule has 0 aromatic carbocycles. The molecule has 0 aliphatic carbocycles. The number of aliphatic hydroxyl groups is 1. The van der Waals surface area contributed by atoms with Crippen LogP contribution in [0.4, 0.5) is 5.13 Å². The van der Waals surface area contributed by atoms with Crippen molar-refractivity contribution in [2.24, 2.45) is 11.8 Å². The maximum absolute atomic E-state index is 9.85. The maximum Gasteiger partial charge on any atom is 0.185 e. The van der Waals surface area contributed by atoms with Gasteiger partial charge in [-0.15, -0.1) is 11.3 Å². The van der Waals surface area contributed by atoms with E-state index in [2.05, 4.69) is 19.7 Å². The number of piperidine rings is 1. The maximum atomic E-state index is 9.85. The summed E-state index contributed by atoms with van der Waals surface area (Å²) in [7, 11) is 0. The lowest BCUT2D eigenvalue weighted by atomic mass is 9.95. The summed E-state index contributed by atoms with van der Waals surface area (Å²) in [5, 5.41) is 11.0. The Morgan fingerprint density at radius 1 is 1.04 bits per heavy atom. The third-order valence-corrected chi connectivity index (χ3v) is 7.07. The summed E-state index contributed by atoms with van der Waals surface area (Å²) >= 11 is 1.82. The highest BCUT2D eigenvalue weighted by molar-refractivity contribution is 7.15. The van der Waals surface area contributed by atoms with Crippen LogP contribution in [0.5, 0.6) is 0 Å². The van der Waals surface area contributed by atoms with E-state index in [1.54, 1.807) is 0 Å². The molecule has 3 fully saturated rings. The number of thiazole rings is 1. The number of nitrogens with zero attached hydrogens (tertiary/aromatic N) is 4. The summed E-state index contributed by atoms with van der Waals surface area (Å²) in [6.45, 7) is 10.5. The Balaban J connectivity index is 1.31. The molecule has 3 saturated heterocycles. The first-order chi connectivity index (χ1) is 12.8. The minimum Gasteiger partial charge on any atom is -0.396 e. The van der Waals surface area contributed by atoms with E-state index in [0.717, 1.165) is 57.6 Å². The molecule has 6 nitrogen and oxygen atoms in total. The molecule has 1 aromatic rings. The number of anilines is 1. The van der Waals surface area contributed by atoms with Gasteiger partial charge in [-0.2, -0.15) is 0 Å². The summed E-state index contributed by atoms with van der Waals surface area (Å²) < 4.78 is 5.43. The molecule has 146 valence electrons. The Hall–Kier alpha value is -0.730. The van der Waals surface area contributed by atoms with Crippen molar-refractivity contribution in [2.45, 2.75) is 25.8 Å². The molecule has 0 unspecified atom stereocenters. The molecule has 0 amide bonds. The van der Waals surface area contributed by atoms with E-state index < -0.39 is 0 Å². The molecule has 4 rings (SSSR count). The zero-order chi connectivity index (χ0) is 17.8. The van der Waals surface area contributed by atoms with Crippen LogP contribution in [-0.2, 0) is 11.3 Å². The fraction of sp³-hybridized carbons (Fsp3) is 0.842. The number of hydrogen-bond acceptors (Lipinski definition) is 7. The number of likely N-dealkylation sites (tertiary alicyclic amines) is 2. The van der Waals surface area contributed by atoms with E-state index in [4.69, 9.17) is 4.74 Å². The second kappa shape index (κ2) is 8.97. The first kappa shape index (κ1) is 18.6. The standard InChI is InChI=1S/C19H32N4O2S/c24-15-17-13-22(12-16(17)11-21-4-2-1-3-5-21)14-18-10-20-19(26-18)23-6-8-25-9-7-23/h10,16-17,24H,1-9,11-15H2/t16-,17-/m0/s1. The summed E-state index contributed by atoms with van der Waals surface area (Å²) in [5.74, 6) is 1.02. The Bertz CT molecular complexity index is 557. The highest BCUT2D eigenvalue weighted by Gasteiger charge is 2.33. The topological polar surface area (TPSA) is 52.1 Å². The Labute approximate surface area is 160 Å². The third-order valence-electron chi connectivity index (χ3n) is 6.03. The largest absolute Gasteiger partial charge is 0.396 e. The lowest BCUT2D eigenvalue weighted by molar-refractivity contribution is 0.122. The van der Waals surface area contributed by atoms with Crippen LogP contribution >= 0.6 is 11.3 Å². The third kappa shape index (κ3) is 4.57. The molecule has 2 atom stereocenters. The molecule has 0 bridgehead atoms. The lowest BCUT2D eigenvalue weighted by Gasteiger charge is -2.30. The summed E-state index contributed by atoms with van der Waals surface area (Å²) in [5.41, 5.74) is 0. The van der Waals surface area contributed by atoms with Crippen LogP contribution in [0, 0.1) is 11.8 Å². The van der Waals surface area contributed by atoms with Crippen molar-refractivity contribution in [1.29, 1.82) is 0 Å². The van der Waals surface area contributed by atoms with Gasteiger partial charge in [-0.25, -0.2) is 4.98 Å². The van der Waals surface area contributed by atoms with Crippen LogP contribution in [0.3, 0.4) is 0 Å². The summed E-state index contributed by atoms with van der Waals surface area (Å²) in [4.78, 5) is 13.4. The second-order valence-corrected chi connectivity index (χ2v) is 9.06. The average Bonchev–Trinajstić information content (AvgIpc) is 3.30. The minimum absolute atomic E-state index is 0.316. The molecule has 26 heavy (non-hydrogen) atoms. The second-order valence-electron chi connectivity index (χ2n) is 7.97. The molecule has 1 N–H and O–H groups in total. The van der Waals surface area contributed by atoms with Crippen LogP contribution in [-0.4, -0.2) is 85.5 Å². The van der Waals surface area contributed by atoms with E-state index in [1.807, 2.05) is 17.5 Å². The van der Waals surface area contributed by atoms with Crippen LogP contribution in [0.25, 0.3) is 0 Å². The Morgan fingerprint density at radius 2 is 1.81 bits per heavy atom. The predicted octanol–water partition coefficient (Wildman–Crippen LogP) is 1.51. The zero-order valence-corrected chi connectivity index (χ0v) is 16.5. The number of aliphatic hydroxyl groups excluding tert-OH is 1. The van der Waals surface area contributed by atoms with E-state index in [9.17, 15) is 5.11 Å². The van der Waals surface area contributed by atoms with Gasteiger partial charge in [0.2, 0.25) is 0 Å². The van der Waals surface area contributed by atoms with Gasteiger partial charge in [-0.05, 0) is 37.8 Å². The van der Waals surface area contributed by atoms with Gasteiger partial charge in [-0.3, -0.25) is 4.90 Å². The Morgan fingerprint density at radius 3 is 2.58 bits per heavy atom. The summed E-state index contributed by atoms with van der Waals surface area (Å²) in [6.07, 6.45) is 6.10. The van der Waals surface area contributed by atoms with E-state index in [1.165, 1.54) is 37.2 Å². The number of aromatic nitrogens is 1. The minimum atomic E-state index is 0.316. The smallest absolute Gasteiger partial charge is 0.185 e. The van der Waals surface area contributed by atoms with Crippen molar-refractivity contribution in [3.8, 4) is 0 Å². The molecular weight excluding hydrogens is 348 g/mol. The molecule has 1 aromatic heterocycles. The van der Waals surface area contributed by atoms with Crippen molar-refractivity contribution in [3.63, 3.8) is 0 Å². The number of ether oxygens (including phenoxy) is 1. The molecule has 7 heteroatoms. The quantitative estimate of drug-likeness (QED) is 0.807. The number of hydrogen-bond donors (Lipinski definition) is 1. The van der Waals surface area contributed by atoms with Gasteiger partial charge in [0.25, 0.3) is 0 Å². The molecule has 0 spiro atoms. The van der Waals surface area contributed by atoms with E-state index in [0.29, 0.717) is 18.4 Å². The normalized spacial score (nSPS) is 28.7. The van der Waals surface area contributed by atoms with Crippen molar-refractivity contribution in [1.82, 2.24) is 14.8 Å². The van der Waals surface area contributed by atoms with Gasteiger partial charge < -0.3 is 19.6 Å². The molecule has 0 saturated carbocycles. The first-order valence-corrected chi connectivity index (χ1v) is 11.0. The molecule has 4 heterocycles. The van der Waals surface area contributed by atoms with E-state index >= 15 is 0 Å². The van der Waals surface area contributed by atoms with Crippen LogP contribution < -0.4 is 4.90 Å². The lowest BCUT2D eigenvalue weighted by Crippen LogP contribution is -2.37. The average molecular weight is 381 g/mol. The number of rotatable bonds is 6. The Kier molecular flexibility index (Phi) is 6.43. The van der Waals surface area contributed by atoms with Gasteiger partial charge in [0.15, 0.2) is 5.13 Å². The van der Waals surface area contributed by atoms with Crippen molar-refractivity contribution in [2.75, 3.05) is 70.5 Å². The zero-order valence-electron chi connectivity index (χ0n) is 15.7. The summed E-state index contributed by atoms with van der Waals surface area (Å²) in [6, 6.07) is 0. The van der Waals surface area contributed by atoms with Gasteiger partial charge >= 0.3 is 0 Å². The van der Waals surface area contributed by atoms with E-state index in [-0.39, 0.29) is 0 Å². The molecule has 3 aliphatic heterocycles. The van der Waals surface area contributed by atoms with Gasteiger partial charge in [-0.1, -0.05) is 6.42 Å². The monoisotopic (exact) mass is 380 g/mol. The van der Waals surface area contributed by atoms with Gasteiger partial charge in [0.1, 0.15) is 0 Å². The van der Waals surface area contributed by atoms with Crippen molar-refractivity contribution >= 4 is 16.5 Å². The van der Waals surface area contributed by atoms with Crippen LogP contribution in [0.2, 0.25) is 0 Å². The fourth-order valence-electron chi connectivity index (χ4n) is 4.54. The first-order valence-electron chi connectivity index (χ1n) is 10.1. The van der Waals surface area contributed by atoms with Crippen molar-refractivity contribution < 1.29 is 9.84 Å². The van der Waals surface area contributed by atoms with Crippen molar-refractivity contribution in [3.05, 3.63) is 11.1 Å². The van der Waals surface area contributed by atoms with Crippen LogP contribution in [0.1, 0.15) is 24.1 Å². The van der Waals surface area contributed by atoms with Gasteiger partial charge in [0.05, 0.1) is 13.2 Å². The SMILES string of the molecule is OC[C@@H]1CN(Cc2cnc(N3CCOCC3)s2)C[C@@H]1CN1CCCCC1. The predicted molar refractivity (Wildman–Crippen MR) is 105 cm³/mol. The highest BCUT2D eigenvalue weighted by Crippen LogP contribution is 2.29. The van der Waals surface area contributed by atoms with Gasteiger partial charge in [0, 0.05) is 56.9 Å².